The van der Waals surface area contributed by atoms with Crippen LogP contribution in [0.25, 0.3) is 33.3 Å². The van der Waals surface area contributed by atoms with E-state index in [1.54, 1.807) is 35.4 Å². The van der Waals surface area contributed by atoms with Crippen molar-refractivity contribution in [2.75, 3.05) is 0 Å². The molecule has 0 spiro atoms. The predicted molar refractivity (Wildman–Crippen MR) is 109 cm³/mol. The quantitative estimate of drug-likeness (QED) is 0.451. The molecular weight excluding hydrogens is 365 g/mol. The van der Waals surface area contributed by atoms with Crippen molar-refractivity contribution in [1.82, 2.24) is 25.0 Å². The molecule has 2 aromatic carbocycles. The normalized spacial score (nSPS) is 11.1. The van der Waals surface area contributed by atoms with Gasteiger partial charge in [0.15, 0.2) is 0 Å². The summed E-state index contributed by atoms with van der Waals surface area (Å²) in [7, 11) is 0. The minimum absolute atomic E-state index is 0.255. The summed E-state index contributed by atoms with van der Waals surface area (Å²) in [6, 6.07) is 18.6. The van der Waals surface area contributed by atoms with Crippen molar-refractivity contribution in [3.63, 3.8) is 0 Å². The van der Waals surface area contributed by atoms with E-state index >= 15 is 0 Å². The summed E-state index contributed by atoms with van der Waals surface area (Å²) in [5.41, 5.74) is 5.63. The van der Waals surface area contributed by atoms with Gasteiger partial charge in [0, 0.05) is 29.5 Å². The number of rotatable bonds is 4. The van der Waals surface area contributed by atoms with E-state index in [2.05, 4.69) is 33.5 Å². The molecule has 0 saturated heterocycles. The van der Waals surface area contributed by atoms with E-state index in [1.807, 2.05) is 24.4 Å². The summed E-state index contributed by atoms with van der Waals surface area (Å²) in [5.74, 6) is -0.255. The maximum absolute atomic E-state index is 13.5. The molecule has 0 unspecified atom stereocenters. The highest BCUT2D eigenvalue weighted by Gasteiger charge is 2.11. The van der Waals surface area contributed by atoms with Crippen molar-refractivity contribution >= 4 is 10.9 Å². The number of benzene rings is 2. The fourth-order valence-corrected chi connectivity index (χ4v) is 3.41. The van der Waals surface area contributed by atoms with Crippen molar-refractivity contribution < 1.29 is 4.39 Å². The third-order valence-electron chi connectivity index (χ3n) is 4.80. The number of halogens is 1. The molecule has 0 radical (unpaired) electrons. The lowest BCUT2D eigenvalue weighted by molar-refractivity contribution is 0.628. The molecular formula is C23H16FN5. The lowest BCUT2D eigenvalue weighted by Crippen LogP contribution is -2.01. The number of fused-ring (bicyclic) bond motifs is 1. The van der Waals surface area contributed by atoms with Crippen LogP contribution in [-0.4, -0.2) is 25.0 Å². The first-order valence-corrected chi connectivity index (χ1v) is 9.20. The minimum atomic E-state index is -0.255. The zero-order chi connectivity index (χ0) is 19.6. The summed E-state index contributed by atoms with van der Waals surface area (Å²) in [6.45, 7) is 0.612. The lowest BCUT2D eigenvalue weighted by Gasteiger charge is -2.12. The molecule has 140 valence electrons. The van der Waals surface area contributed by atoms with Gasteiger partial charge in [-0.3, -0.25) is 4.98 Å². The summed E-state index contributed by atoms with van der Waals surface area (Å²) in [5, 5.41) is 8.89. The Morgan fingerprint density at radius 3 is 2.55 bits per heavy atom. The average Bonchev–Trinajstić information content (AvgIpc) is 3.27. The molecule has 29 heavy (non-hydrogen) atoms. The highest BCUT2D eigenvalue weighted by atomic mass is 19.1. The predicted octanol–water partition coefficient (Wildman–Crippen LogP) is 4.74. The molecule has 0 aliphatic rings. The fourth-order valence-electron chi connectivity index (χ4n) is 3.41. The summed E-state index contributed by atoms with van der Waals surface area (Å²) >= 11 is 0. The number of aromatic nitrogens is 5. The Hall–Kier alpha value is -3.93. The van der Waals surface area contributed by atoms with Crippen LogP contribution in [0.5, 0.6) is 0 Å². The Labute approximate surface area is 166 Å². The van der Waals surface area contributed by atoms with Crippen molar-refractivity contribution in [3.05, 3.63) is 96.8 Å². The first kappa shape index (κ1) is 17.2. The van der Waals surface area contributed by atoms with Crippen LogP contribution in [-0.2, 0) is 6.54 Å². The van der Waals surface area contributed by atoms with E-state index in [0.717, 1.165) is 38.9 Å². The number of hydrogen-bond acceptors (Lipinski definition) is 4. The smallest absolute Gasteiger partial charge is 0.123 e. The van der Waals surface area contributed by atoms with Crippen LogP contribution in [0.3, 0.4) is 0 Å². The van der Waals surface area contributed by atoms with Gasteiger partial charge in [-0.25, -0.2) is 14.1 Å². The van der Waals surface area contributed by atoms with Gasteiger partial charge in [-0.15, -0.1) is 5.10 Å². The van der Waals surface area contributed by atoms with E-state index < -0.39 is 0 Å². The molecule has 0 fully saturated rings. The Balaban J connectivity index is 1.69. The molecule has 5 rings (SSSR count). The zero-order valence-corrected chi connectivity index (χ0v) is 15.4. The first-order chi connectivity index (χ1) is 14.3. The third kappa shape index (κ3) is 3.48. The molecule has 0 amide bonds. The van der Waals surface area contributed by atoms with Crippen molar-refractivity contribution in [3.8, 4) is 22.4 Å². The third-order valence-corrected chi connectivity index (χ3v) is 4.80. The number of pyridine rings is 2. The highest BCUT2D eigenvalue weighted by Crippen LogP contribution is 2.32. The van der Waals surface area contributed by atoms with Gasteiger partial charge in [-0.2, -0.15) is 0 Å². The molecule has 0 atom stereocenters. The standard InChI is InChI=1S/C23H16FN5/c24-19-6-4-17(5-7-19)21-13-22(18-2-1-9-25-14-18)27-23-12-16(3-8-20(21)23)15-29-11-10-26-28-29/h1-14H,15H2. The van der Waals surface area contributed by atoms with Gasteiger partial charge in [0.2, 0.25) is 0 Å². The van der Waals surface area contributed by atoms with Crippen LogP contribution in [0.1, 0.15) is 5.56 Å². The Kier molecular flexibility index (Phi) is 4.29. The fraction of sp³-hybridized carbons (Fsp3) is 0.0435. The Bertz CT molecular complexity index is 1270. The summed E-state index contributed by atoms with van der Waals surface area (Å²) < 4.78 is 15.2. The Morgan fingerprint density at radius 1 is 0.897 bits per heavy atom. The van der Waals surface area contributed by atoms with Crippen LogP contribution in [0.15, 0.2) is 85.5 Å². The maximum atomic E-state index is 13.5. The van der Waals surface area contributed by atoms with Crippen LogP contribution < -0.4 is 0 Å². The average molecular weight is 381 g/mol. The first-order valence-electron chi connectivity index (χ1n) is 9.20. The maximum Gasteiger partial charge on any atom is 0.123 e. The summed E-state index contributed by atoms with van der Waals surface area (Å²) in [6.07, 6.45) is 7.02. The molecule has 5 aromatic rings. The SMILES string of the molecule is Fc1ccc(-c2cc(-c3cccnc3)nc3cc(Cn4ccnn4)ccc23)cc1. The van der Waals surface area contributed by atoms with Gasteiger partial charge in [0.05, 0.1) is 24.0 Å². The van der Waals surface area contributed by atoms with Crippen LogP contribution in [0.2, 0.25) is 0 Å². The second-order valence-electron chi connectivity index (χ2n) is 6.76. The van der Waals surface area contributed by atoms with Gasteiger partial charge < -0.3 is 0 Å². The largest absolute Gasteiger partial charge is 0.264 e. The van der Waals surface area contributed by atoms with Gasteiger partial charge >= 0.3 is 0 Å². The molecule has 0 saturated carbocycles. The topological polar surface area (TPSA) is 56.5 Å². The van der Waals surface area contributed by atoms with Crippen LogP contribution in [0.4, 0.5) is 4.39 Å². The molecule has 3 heterocycles. The van der Waals surface area contributed by atoms with E-state index in [4.69, 9.17) is 4.98 Å². The van der Waals surface area contributed by atoms with E-state index in [-0.39, 0.29) is 5.82 Å². The van der Waals surface area contributed by atoms with Crippen molar-refractivity contribution in [2.24, 2.45) is 0 Å². The molecule has 0 N–H and O–H groups in total. The summed E-state index contributed by atoms with van der Waals surface area (Å²) in [4.78, 5) is 9.09. The van der Waals surface area contributed by atoms with Gasteiger partial charge in [-0.1, -0.05) is 29.5 Å². The van der Waals surface area contributed by atoms with E-state index in [0.29, 0.717) is 6.54 Å². The molecule has 0 aliphatic carbocycles. The van der Waals surface area contributed by atoms with Crippen molar-refractivity contribution in [1.29, 1.82) is 0 Å². The van der Waals surface area contributed by atoms with E-state index in [9.17, 15) is 4.39 Å². The van der Waals surface area contributed by atoms with Gasteiger partial charge in [0.1, 0.15) is 5.82 Å². The molecule has 6 heteroatoms. The highest BCUT2D eigenvalue weighted by molar-refractivity contribution is 5.97. The van der Waals surface area contributed by atoms with Gasteiger partial charge in [0.25, 0.3) is 0 Å². The minimum Gasteiger partial charge on any atom is -0.264 e. The zero-order valence-electron chi connectivity index (χ0n) is 15.4. The lowest BCUT2D eigenvalue weighted by atomic mass is 9.97. The molecule has 5 nitrogen and oxygen atoms in total. The van der Waals surface area contributed by atoms with Crippen LogP contribution in [0, 0.1) is 5.82 Å². The number of nitrogens with zero attached hydrogens (tertiary/aromatic N) is 5. The second-order valence-corrected chi connectivity index (χ2v) is 6.76. The second kappa shape index (κ2) is 7.24. The monoisotopic (exact) mass is 381 g/mol. The Morgan fingerprint density at radius 2 is 1.79 bits per heavy atom. The number of hydrogen-bond donors (Lipinski definition) is 0. The van der Waals surface area contributed by atoms with E-state index in [1.165, 1.54) is 12.1 Å². The van der Waals surface area contributed by atoms with Crippen molar-refractivity contribution in [2.45, 2.75) is 6.54 Å². The van der Waals surface area contributed by atoms with Gasteiger partial charge in [-0.05, 0) is 53.1 Å². The molecule has 0 aliphatic heterocycles. The molecule has 0 bridgehead atoms. The molecule has 3 aromatic heterocycles. The van der Waals surface area contributed by atoms with Crippen LogP contribution >= 0.6 is 0 Å².